The largest absolute Gasteiger partial charge is 0.497 e. The van der Waals surface area contributed by atoms with Gasteiger partial charge in [0, 0.05) is 18.5 Å². The number of ether oxygens (including phenoxy) is 2. The smallest absolute Gasteiger partial charge is 0.236 e. The summed E-state index contributed by atoms with van der Waals surface area (Å²) in [5.74, 6) is 1.48. The van der Waals surface area contributed by atoms with Gasteiger partial charge in [-0.3, -0.25) is 0 Å². The van der Waals surface area contributed by atoms with Crippen molar-refractivity contribution < 1.29 is 17.9 Å². The van der Waals surface area contributed by atoms with Crippen LogP contribution in [0.2, 0.25) is 0 Å². The van der Waals surface area contributed by atoms with Gasteiger partial charge >= 0.3 is 0 Å². The van der Waals surface area contributed by atoms with Crippen molar-refractivity contribution in [3.8, 4) is 11.5 Å². The zero-order valence-electron chi connectivity index (χ0n) is 16.1. The molecule has 0 aliphatic carbocycles. The molecule has 146 valence electrons. The van der Waals surface area contributed by atoms with Gasteiger partial charge in [0.1, 0.15) is 11.5 Å². The summed E-state index contributed by atoms with van der Waals surface area (Å²) in [4.78, 5) is 0. The quantitative estimate of drug-likeness (QED) is 0.606. The third kappa shape index (κ3) is 6.41. The molecular formula is C21H27NO4S. The molecule has 0 aliphatic rings. The minimum Gasteiger partial charge on any atom is -0.497 e. The fourth-order valence-electron chi connectivity index (χ4n) is 2.55. The van der Waals surface area contributed by atoms with Gasteiger partial charge in [-0.2, -0.15) is 4.31 Å². The van der Waals surface area contributed by atoms with Crippen LogP contribution in [0.3, 0.4) is 0 Å². The van der Waals surface area contributed by atoms with Crippen LogP contribution in [0.25, 0.3) is 0 Å². The summed E-state index contributed by atoms with van der Waals surface area (Å²) in [6, 6.07) is 14.9. The van der Waals surface area contributed by atoms with Crippen molar-refractivity contribution in [2.45, 2.75) is 32.9 Å². The molecular weight excluding hydrogens is 362 g/mol. The fraction of sp³-hybridized carbons (Fsp3) is 0.333. The van der Waals surface area contributed by atoms with Crippen LogP contribution in [0.4, 0.5) is 0 Å². The van der Waals surface area contributed by atoms with Crippen molar-refractivity contribution >= 4 is 10.0 Å². The van der Waals surface area contributed by atoms with Crippen molar-refractivity contribution in [1.29, 1.82) is 0 Å². The number of methoxy groups -OCH3 is 2. The summed E-state index contributed by atoms with van der Waals surface area (Å²) in [6.07, 6.45) is 3.35. The Morgan fingerprint density at radius 1 is 0.852 bits per heavy atom. The second-order valence-electron chi connectivity index (χ2n) is 6.17. The highest BCUT2D eigenvalue weighted by molar-refractivity contribution is 7.92. The number of allylic oxidation sites excluding steroid dienone is 1. The molecule has 0 bridgehead atoms. The maximum absolute atomic E-state index is 12.9. The molecule has 0 amide bonds. The van der Waals surface area contributed by atoms with Crippen molar-refractivity contribution in [1.82, 2.24) is 4.31 Å². The van der Waals surface area contributed by atoms with Crippen molar-refractivity contribution in [2.75, 3.05) is 14.2 Å². The SMILES string of the molecule is CCCC=CS(=O)(=O)N(Cc1ccc(OC)cc1)Cc1ccc(OC)cc1. The Balaban J connectivity index is 2.25. The van der Waals surface area contributed by atoms with Gasteiger partial charge in [-0.05, 0) is 41.8 Å². The number of unbranched alkanes of at least 4 members (excludes halogenated alkanes) is 1. The molecule has 2 rings (SSSR count). The van der Waals surface area contributed by atoms with E-state index in [0.29, 0.717) is 0 Å². The lowest BCUT2D eigenvalue weighted by atomic mass is 10.2. The van der Waals surface area contributed by atoms with Crippen LogP contribution in [0.5, 0.6) is 11.5 Å². The highest BCUT2D eigenvalue weighted by Gasteiger charge is 2.20. The highest BCUT2D eigenvalue weighted by atomic mass is 32.2. The van der Waals surface area contributed by atoms with Crippen LogP contribution in [0.1, 0.15) is 30.9 Å². The molecule has 0 aromatic heterocycles. The molecule has 0 atom stereocenters. The van der Waals surface area contributed by atoms with E-state index in [1.165, 1.54) is 9.71 Å². The van der Waals surface area contributed by atoms with Crippen molar-refractivity contribution in [3.63, 3.8) is 0 Å². The van der Waals surface area contributed by atoms with Crippen LogP contribution in [0.15, 0.2) is 60.0 Å². The topological polar surface area (TPSA) is 55.8 Å². The fourth-order valence-corrected chi connectivity index (χ4v) is 3.76. The van der Waals surface area contributed by atoms with Gasteiger partial charge in [0.15, 0.2) is 0 Å². The molecule has 6 heteroatoms. The van der Waals surface area contributed by atoms with E-state index >= 15 is 0 Å². The lowest BCUT2D eigenvalue weighted by molar-refractivity contribution is 0.402. The Bertz CT molecular complexity index is 778. The molecule has 0 unspecified atom stereocenters. The summed E-state index contributed by atoms with van der Waals surface area (Å²) in [5, 5.41) is 1.31. The van der Waals surface area contributed by atoms with Crippen LogP contribution in [-0.4, -0.2) is 26.9 Å². The van der Waals surface area contributed by atoms with E-state index < -0.39 is 10.0 Å². The lowest BCUT2D eigenvalue weighted by Gasteiger charge is -2.21. The Labute approximate surface area is 162 Å². The first-order valence-electron chi connectivity index (χ1n) is 8.91. The second kappa shape index (κ2) is 10.1. The standard InChI is InChI=1S/C21H27NO4S/c1-4-5-6-15-27(23,24)22(16-18-7-11-20(25-2)12-8-18)17-19-9-13-21(26-3)14-10-19/h6-15H,4-5,16-17H2,1-3H3. The summed E-state index contributed by atoms with van der Waals surface area (Å²) < 4.78 is 37.5. The Morgan fingerprint density at radius 2 is 1.30 bits per heavy atom. The molecule has 0 heterocycles. The zero-order valence-corrected chi connectivity index (χ0v) is 16.9. The predicted molar refractivity (Wildman–Crippen MR) is 108 cm³/mol. The highest BCUT2D eigenvalue weighted by Crippen LogP contribution is 2.20. The molecule has 0 radical (unpaired) electrons. The summed E-state index contributed by atoms with van der Waals surface area (Å²) >= 11 is 0. The molecule has 2 aromatic rings. The molecule has 0 spiro atoms. The van der Waals surface area contributed by atoms with E-state index in [0.717, 1.165) is 35.5 Å². The van der Waals surface area contributed by atoms with Gasteiger partial charge in [-0.1, -0.05) is 43.7 Å². The van der Waals surface area contributed by atoms with Gasteiger partial charge in [0.2, 0.25) is 10.0 Å². The monoisotopic (exact) mass is 389 g/mol. The Morgan fingerprint density at radius 3 is 1.67 bits per heavy atom. The Kier molecular flexibility index (Phi) is 7.88. The Hall–Kier alpha value is -2.31. The van der Waals surface area contributed by atoms with Crippen molar-refractivity contribution in [3.05, 3.63) is 71.1 Å². The molecule has 0 N–H and O–H groups in total. The van der Waals surface area contributed by atoms with Crippen molar-refractivity contribution in [2.24, 2.45) is 0 Å². The van der Waals surface area contributed by atoms with Crippen LogP contribution < -0.4 is 9.47 Å². The van der Waals surface area contributed by atoms with E-state index in [9.17, 15) is 8.42 Å². The number of sulfonamides is 1. The number of hydrogen-bond donors (Lipinski definition) is 0. The van der Waals surface area contributed by atoms with Gasteiger partial charge in [0.05, 0.1) is 14.2 Å². The minimum atomic E-state index is -3.53. The molecule has 0 saturated carbocycles. The molecule has 27 heavy (non-hydrogen) atoms. The first-order chi connectivity index (χ1) is 13.0. The summed E-state index contributed by atoms with van der Waals surface area (Å²) in [7, 11) is -0.322. The predicted octanol–water partition coefficient (Wildman–Crippen LogP) is 4.35. The minimum absolute atomic E-state index is 0.287. The molecule has 0 aliphatic heterocycles. The molecule has 0 fully saturated rings. The van der Waals surface area contributed by atoms with Gasteiger partial charge < -0.3 is 9.47 Å². The van der Waals surface area contributed by atoms with Crippen LogP contribution in [-0.2, 0) is 23.1 Å². The van der Waals surface area contributed by atoms with E-state index in [1.54, 1.807) is 20.3 Å². The molecule has 0 saturated heterocycles. The average Bonchev–Trinajstić information content (AvgIpc) is 2.68. The number of benzene rings is 2. The van der Waals surface area contributed by atoms with E-state index in [2.05, 4.69) is 0 Å². The average molecular weight is 390 g/mol. The maximum atomic E-state index is 12.9. The maximum Gasteiger partial charge on any atom is 0.236 e. The van der Waals surface area contributed by atoms with E-state index in [1.807, 2.05) is 55.5 Å². The first kappa shape index (κ1) is 21.0. The van der Waals surface area contributed by atoms with Gasteiger partial charge in [-0.15, -0.1) is 0 Å². The first-order valence-corrected chi connectivity index (χ1v) is 10.4. The van der Waals surface area contributed by atoms with Crippen LogP contribution >= 0.6 is 0 Å². The number of rotatable bonds is 10. The summed E-state index contributed by atoms with van der Waals surface area (Å²) in [5.41, 5.74) is 1.80. The number of hydrogen-bond acceptors (Lipinski definition) is 4. The zero-order chi connectivity index (χ0) is 19.7. The van der Waals surface area contributed by atoms with Gasteiger partial charge in [0.25, 0.3) is 0 Å². The van der Waals surface area contributed by atoms with Crippen LogP contribution in [0, 0.1) is 0 Å². The van der Waals surface area contributed by atoms with Gasteiger partial charge in [-0.25, -0.2) is 8.42 Å². The van der Waals surface area contributed by atoms with E-state index in [4.69, 9.17) is 9.47 Å². The lowest BCUT2D eigenvalue weighted by Crippen LogP contribution is -2.28. The molecule has 2 aromatic carbocycles. The summed E-state index contributed by atoms with van der Waals surface area (Å²) in [6.45, 7) is 2.59. The second-order valence-corrected chi connectivity index (χ2v) is 7.99. The third-order valence-electron chi connectivity index (χ3n) is 4.12. The molecule has 5 nitrogen and oxygen atoms in total. The normalized spacial score (nSPS) is 11.9. The van der Waals surface area contributed by atoms with E-state index in [-0.39, 0.29) is 13.1 Å². The number of nitrogens with zero attached hydrogens (tertiary/aromatic N) is 1. The third-order valence-corrected chi connectivity index (χ3v) is 5.63.